The molecule has 2 heterocycles. The number of rotatable bonds is 4. The Labute approximate surface area is 125 Å². The van der Waals surface area contributed by atoms with Crippen LogP contribution in [-0.2, 0) is 11.3 Å². The second-order valence-corrected chi connectivity index (χ2v) is 6.93. The topological polar surface area (TPSA) is 45.2 Å². The van der Waals surface area contributed by atoms with Crippen LogP contribution < -0.4 is 5.32 Å². The summed E-state index contributed by atoms with van der Waals surface area (Å²) in [6, 6.07) is 4.51. The molecule has 1 amide bonds. The third-order valence-corrected chi connectivity index (χ3v) is 5.43. The number of amides is 1. The molecule has 3 fully saturated rings. The molecule has 0 bridgehead atoms. The Morgan fingerprint density at radius 1 is 1.38 bits per heavy atom. The van der Waals surface area contributed by atoms with Gasteiger partial charge in [0.05, 0.1) is 0 Å². The van der Waals surface area contributed by atoms with E-state index in [-0.39, 0.29) is 5.92 Å². The SMILES string of the molecule is O=C(C1CC12CCNCC2)N(Cc1cccnc1)C1CC1. The molecule has 0 radical (unpaired) electrons. The van der Waals surface area contributed by atoms with Gasteiger partial charge in [0.15, 0.2) is 0 Å². The highest BCUT2D eigenvalue weighted by Gasteiger charge is 2.59. The Hall–Kier alpha value is -1.42. The molecule has 1 spiro atoms. The van der Waals surface area contributed by atoms with Crippen LogP contribution >= 0.6 is 0 Å². The Morgan fingerprint density at radius 3 is 2.86 bits per heavy atom. The first-order valence-electron chi connectivity index (χ1n) is 8.19. The summed E-state index contributed by atoms with van der Waals surface area (Å²) in [5.74, 6) is 0.695. The monoisotopic (exact) mass is 285 g/mol. The molecule has 2 saturated carbocycles. The molecule has 1 unspecified atom stereocenters. The van der Waals surface area contributed by atoms with Crippen molar-refractivity contribution in [2.75, 3.05) is 13.1 Å². The molecule has 4 nitrogen and oxygen atoms in total. The number of piperidine rings is 1. The van der Waals surface area contributed by atoms with E-state index in [0.29, 0.717) is 17.4 Å². The predicted molar refractivity (Wildman–Crippen MR) is 80.5 cm³/mol. The van der Waals surface area contributed by atoms with Crippen LogP contribution in [0.1, 0.15) is 37.7 Å². The summed E-state index contributed by atoms with van der Waals surface area (Å²) in [5, 5.41) is 3.41. The maximum Gasteiger partial charge on any atom is 0.226 e. The van der Waals surface area contributed by atoms with Crippen molar-refractivity contribution in [1.82, 2.24) is 15.2 Å². The second-order valence-electron chi connectivity index (χ2n) is 6.93. The summed E-state index contributed by atoms with van der Waals surface area (Å²) in [5.41, 5.74) is 1.49. The van der Waals surface area contributed by atoms with Crippen LogP contribution in [0.4, 0.5) is 0 Å². The van der Waals surface area contributed by atoms with Gasteiger partial charge in [0.2, 0.25) is 5.91 Å². The van der Waals surface area contributed by atoms with Gasteiger partial charge in [-0.15, -0.1) is 0 Å². The van der Waals surface area contributed by atoms with Crippen molar-refractivity contribution in [2.24, 2.45) is 11.3 Å². The maximum absolute atomic E-state index is 12.9. The molecule has 1 aromatic rings. The highest BCUT2D eigenvalue weighted by Crippen LogP contribution is 2.59. The Bertz CT molecular complexity index is 520. The van der Waals surface area contributed by atoms with Gasteiger partial charge in [-0.05, 0) is 62.2 Å². The average Bonchev–Trinajstić information content (AvgIpc) is 3.43. The van der Waals surface area contributed by atoms with Gasteiger partial charge in [-0.2, -0.15) is 0 Å². The quantitative estimate of drug-likeness (QED) is 0.920. The van der Waals surface area contributed by atoms with E-state index in [1.807, 2.05) is 12.3 Å². The number of nitrogens with one attached hydrogen (secondary N) is 1. The Kier molecular flexibility index (Phi) is 3.21. The summed E-state index contributed by atoms with van der Waals surface area (Å²) < 4.78 is 0. The van der Waals surface area contributed by atoms with E-state index in [1.54, 1.807) is 6.20 Å². The van der Waals surface area contributed by atoms with Gasteiger partial charge in [-0.3, -0.25) is 9.78 Å². The molecule has 112 valence electrons. The highest BCUT2D eigenvalue weighted by atomic mass is 16.2. The summed E-state index contributed by atoms with van der Waals surface area (Å²) in [4.78, 5) is 19.3. The van der Waals surface area contributed by atoms with Gasteiger partial charge in [0.25, 0.3) is 0 Å². The number of carbonyl (C=O) groups excluding carboxylic acids is 1. The molecule has 4 heteroatoms. The zero-order chi connectivity index (χ0) is 14.3. The fraction of sp³-hybridized carbons (Fsp3) is 0.647. The number of hydrogen-bond donors (Lipinski definition) is 1. The molecule has 1 aromatic heterocycles. The van der Waals surface area contributed by atoms with Gasteiger partial charge in [-0.25, -0.2) is 0 Å². The van der Waals surface area contributed by atoms with Crippen LogP contribution in [-0.4, -0.2) is 34.9 Å². The Morgan fingerprint density at radius 2 is 2.19 bits per heavy atom. The molecule has 1 atom stereocenters. The minimum atomic E-state index is 0.289. The Balaban J connectivity index is 1.46. The molecule has 0 aromatic carbocycles. The van der Waals surface area contributed by atoms with Gasteiger partial charge in [-0.1, -0.05) is 6.07 Å². The van der Waals surface area contributed by atoms with E-state index in [0.717, 1.165) is 31.6 Å². The molecular formula is C17H23N3O. The number of aromatic nitrogens is 1. The van der Waals surface area contributed by atoms with Crippen molar-refractivity contribution in [2.45, 2.75) is 44.7 Å². The van der Waals surface area contributed by atoms with Crippen LogP contribution in [0.5, 0.6) is 0 Å². The fourth-order valence-electron chi connectivity index (χ4n) is 3.84. The first kappa shape index (κ1) is 13.3. The maximum atomic E-state index is 12.9. The highest BCUT2D eigenvalue weighted by molar-refractivity contribution is 5.83. The van der Waals surface area contributed by atoms with Crippen molar-refractivity contribution in [3.05, 3.63) is 30.1 Å². The molecule has 3 aliphatic rings. The molecule has 1 saturated heterocycles. The molecule has 4 rings (SSSR count). The lowest BCUT2D eigenvalue weighted by atomic mass is 9.91. The normalized spacial score (nSPS) is 26.6. The van der Waals surface area contributed by atoms with Gasteiger partial charge < -0.3 is 10.2 Å². The number of carbonyl (C=O) groups is 1. The molecular weight excluding hydrogens is 262 g/mol. The zero-order valence-corrected chi connectivity index (χ0v) is 12.4. The average molecular weight is 285 g/mol. The molecule has 1 N–H and O–H groups in total. The standard InChI is InChI=1S/C17H23N3O/c21-16(15-10-17(15)5-8-18-9-6-17)20(14-3-4-14)12-13-2-1-7-19-11-13/h1-2,7,11,14-15,18H,3-6,8-10,12H2. The van der Waals surface area contributed by atoms with Gasteiger partial charge in [0, 0.05) is 30.9 Å². The third-order valence-electron chi connectivity index (χ3n) is 5.43. The predicted octanol–water partition coefficient (Wildman–Crippen LogP) is 1.96. The van der Waals surface area contributed by atoms with Crippen LogP contribution in [0.25, 0.3) is 0 Å². The minimum absolute atomic E-state index is 0.289. The van der Waals surface area contributed by atoms with E-state index < -0.39 is 0 Å². The van der Waals surface area contributed by atoms with E-state index in [1.165, 1.54) is 25.7 Å². The minimum Gasteiger partial charge on any atom is -0.335 e. The van der Waals surface area contributed by atoms with Crippen LogP contribution in [0.15, 0.2) is 24.5 Å². The van der Waals surface area contributed by atoms with Crippen molar-refractivity contribution in [1.29, 1.82) is 0 Å². The first-order chi connectivity index (χ1) is 10.3. The summed E-state index contributed by atoms with van der Waals surface area (Å²) in [7, 11) is 0. The van der Waals surface area contributed by atoms with Crippen molar-refractivity contribution >= 4 is 5.91 Å². The van der Waals surface area contributed by atoms with Crippen LogP contribution in [0.3, 0.4) is 0 Å². The number of pyridine rings is 1. The third kappa shape index (κ3) is 2.57. The number of hydrogen-bond acceptors (Lipinski definition) is 3. The number of nitrogens with zero attached hydrogens (tertiary/aromatic N) is 2. The first-order valence-corrected chi connectivity index (χ1v) is 8.19. The lowest BCUT2D eigenvalue weighted by Crippen LogP contribution is -2.37. The van der Waals surface area contributed by atoms with E-state index in [2.05, 4.69) is 21.3 Å². The summed E-state index contributed by atoms with van der Waals surface area (Å²) in [6.45, 7) is 2.90. The van der Waals surface area contributed by atoms with Gasteiger partial charge >= 0.3 is 0 Å². The molecule has 1 aliphatic heterocycles. The zero-order valence-electron chi connectivity index (χ0n) is 12.4. The molecule has 2 aliphatic carbocycles. The largest absolute Gasteiger partial charge is 0.335 e. The van der Waals surface area contributed by atoms with E-state index in [9.17, 15) is 4.79 Å². The lowest BCUT2D eigenvalue weighted by Gasteiger charge is -2.27. The fourth-order valence-corrected chi connectivity index (χ4v) is 3.84. The van der Waals surface area contributed by atoms with Crippen molar-refractivity contribution < 1.29 is 4.79 Å². The van der Waals surface area contributed by atoms with Crippen LogP contribution in [0.2, 0.25) is 0 Å². The van der Waals surface area contributed by atoms with Crippen molar-refractivity contribution in [3.8, 4) is 0 Å². The van der Waals surface area contributed by atoms with Crippen molar-refractivity contribution in [3.63, 3.8) is 0 Å². The lowest BCUT2D eigenvalue weighted by molar-refractivity contribution is -0.134. The van der Waals surface area contributed by atoms with E-state index >= 15 is 0 Å². The smallest absolute Gasteiger partial charge is 0.226 e. The summed E-state index contributed by atoms with van der Waals surface area (Å²) in [6.07, 6.45) is 9.49. The second kappa shape index (κ2) is 5.09. The van der Waals surface area contributed by atoms with Crippen LogP contribution in [0, 0.1) is 11.3 Å². The molecule has 21 heavy (non-hydrogen) atoms. The van der Waals surface area contributed by atoms with Gasteiger partial charge in [0.1, 0.15) is 0 Å². The summed E-state index contributed by atoms with van der Waals surface area (Å²) >= 11 is 0. The van der Waals surface area contributed by atoms with E-state index in [4.69, 9.17) is 0 Å².